The zero-order valence-corrected chi connectivity index (χ0v) is 11.8. The van der Waals surface area contributed by atoms with Crippen LogP contribution in [-0.2, 0) is 0 Å². The standard InChI is InChI=1S/C14H11F4NO2.ClH/c15-11-7-9(3-6-12(11)20)13(19)8-1-4-10(5-2-8)21-14(16,17)18;/h1-7,13,20H,19H2;1H/t13-;/m1./s1. The first-order valence-corrected chi connectivity index (χ1v) is 5.86. The lowest BCUT2D eigenvalue weighted by atomic mass is 9.99. The third-order valence-corrected chi connectivity index (χ3v) is 2.80. The van der Waals surface area contributed by atoms with E-state index in [0.717, 1.165) is 24.3 Å². The number of hydrogen-bond donors (Lipinski definition) is 2. The van der Waals surface area contributed by atoms with Crippen molar-refractivity contribution in [1.82, 2.24) is 0 Å². The molecule has 0 radical (unpaired) electrons. The molecule has 0 unspecified atom stereocenters. The topological polar surface area (TPSA) is 55.5 Å². The summed E-state index contributed by atoms with van der Waals surface area (Å²) in [6.45, 7) is 0. The highest BCUT2D eigenvalue weighted by molar-refractivity contribution is 5.85. The molecule has 0 spiro atoms. The van der Waals surface area contributed by atoms with Gasteiger partial charge < -0.3 is 15.6 Å². The van der Waals surface area contributed by atoms with E-state index in [4.69, 9.17) is 10.8 Å². The number of halogens is 5. The van der Waals surface area contributed by atoms with Crippen LogP contribution in [0.2, 0.25) is 0 Å². The van der Waals surface area contributed by atoms with E-state index in [1.54, 1.807) is 0 Å². The minimum atomic E-state index is -4.76. The molecule has 0 heterocycles. The number of hydrogen-bond acceptors (Lipinski definition) is 3. The van der Waals surface area contributed by atoms with Crippen LogP contribution in [0, 0.1) is 5.82 Å². The number of benzene rings is 2. The first kappa shape index (κ1) is 18.1. The third kappa shape index (κ3) is 4.51. The summed E-state index contributed by atoms with van der Waals surface area (Å²) in [5.74, 6) is -1.69. The molecule has 1 atom stereocenters. The summed E-state index contributed by atoms with van der Waals surface area (Å²) in [5, 5.41) is 9.10. The molecule has 0 saturated heterocycles. The van der Waals surface area contributed by atoms with E-state index < -0.39 is 24.0 Å². The zero-order valence-electron chi connectivity index (χ0n) is 11.0. The molecule has 3 nitrogen and oxygen atoms in total. The molecule has 2 aromatic rings. The second kappa shape index (κ2) is 6.85. The lowest BCUT2D eigenvalue weighted by Crippen LogP contribution is -2.17. The molecule has 0 aromatic heterocycles. The Hall–Kier alpha value is -1.99. The molecule has 2 aromatic carbocycles. The van der Waals surface area contributed by atoms with Gasteiger partial charge in [-0.3, -0.25) is 0 Å². The van der Waals surface area contributed by atoms with Crippen LogP contribution in [0.3, 0.4) is 0 Å². The second-order valence-corrected chi connectivity index (χ2v) is 4.31. The Balaban J connectivity index is 0.00000242. The van der Waals surface area contributed by atoms with E-state index >= 15 is 0 Å². The van der Waals surface area contributed by atoms with Crippen LogP contribution >= 0.6 is 12.4 Å². The van der Waals surface area contributed by atoms with Crippen LogP contribution < -0.4 is 10.5 Å². The molecule has 0 bridgehead atoms. The van der Waals surface area contributed by atoms with Crippen molar-refractivity contribution in [2.75, 3.05) is 0 Å². The van der Waals surface area contributed by atoms with Crippen molar-refractivity contribution in [3.05, 3.63) is 59.4 Å². The number of nitrogens with two attached hydrogens (primary N) is 1. The number of rotatable bonds is 3. The highest BCUT2D eigenvalue weighted by Gasteiger charge is 2.31. The van der Waals surface area contributed by atoms with Crippen LogP contribution in [0.25, 0.3) is 0 Å². The van der Waals surface area contributed by atoms with Crippen molar-refractivity contribution in [2.24, 2.45) is 5.73 Å². The quantitative estimate of drug-likeness (QED) is 0.835. The number of aromatic hydroxyl groups is 1. The monoisotopic (exact) mass is 337 g/mol. The minimum absolute atomic E-state index is 0. The summed E-state index contributed by atoms with van der Waals surface area (Å²) >= 11 is 0. The predicted octanol–water partition coefficient (Wildman–Crippen LogP) is 3.90. The van der Waals surface area contributed by atoms with E-state index in [1.807, 2.05) is 0 Å². The zero-order chi connectivity index (χ0) is 15.6. The largest absolute Gasteiger partial charge is 0.573 e. The summed E-state index contributed by atoms with van der Waals surface area (Å²) in [7, 11) is 0. The molecule has 8 heteroatoms. The van der Waals surface area contributed by atoms with Crippen LogP contribution in [0.1, 0.15) is 17.2 Å². The summed E-state index contributed by atoms with van der Waals surface area (Å²) < 4.78 is 53.1. The SMILES string of the molecule is Cl.N[C@H](c1ccc(OC(F)(F)F)cc1)c1ccc(O)c(F)c1. The van der Waals surface area contributed by atoms with Crippen LogP contribution in [0.5, 0.6) is 11.5 Å². The van der Waals surface area contributed by atoms with E-state index in [9.17, 15) is 17.6 Å². The lowest BCUT2D eigenvalue weighted by Gasteiger charge is -2.14. The second-order valence-electron chi connectivity index (χ2n) is 4.31. The van der Waals surface area contributed by atoms with Crippen LogP contribution in [-0.4, -0.2) is 11.5 Å². The molecule has 120 valence electrons. The van der Waals surface area contributed by atoms with Crippen molar-refractivity contribution in [3.8, 4) is 11.5 Å². The lowest BCUT2D eigenvalue weighted by molar-refractivity contribution is -0.274. The maximum absolute atomic E-state index is 13.3. The van der Waals surface area contributed by atoms with Crippen molar-refractivity contribution < 1.29 is 27.4 Å². The Labute approximate surface area is 129 Å². The van der Waals surface area contributed by atoms with Crippen molar-refractivity contribution >= 4 is 12.4 Å². The van der Waals surface area contributed by atoms with Gasteiger partial charge in [0.05, 0.1) is 6.04 Å². The van der Waals surface area contributed by atoms with Crippen molar-refractivity contribution in [2.45, 2.75) is 12.4 Å². The summed E-state index contributed by atoms with van der Waals surface area (Å²) in [6.07, 6.45) is -4.76. The fourth-order valence-electron chi connectivity index (χ4n) is 1.79. The van der Waals surface area contributed by atoms with E-state index in [1.165, 1.54) is 18.2 Å². The molecule has 0 fully saturated rings. The normalized spacial score (nSPS) is 12.4. The highest BCUT2D eigenvalue weighted by atomic mass is 35.5. The highest BCUT2D eigenvalue weighted by Crippen LogP contribution is 2.27. The van der Waals surface area contributed by atoms with Crippen LogP contribution in [0.15, 0.2) is 42.5 Å². The van der Waals surface area contributed by atoms with E-state index in [-0.39, 0.29) is 18.2 Å². The molecule has 0 saturated carbocycles. The predicted molar refractivity (Wildman–Crippen MR) is 74.5 cm³/mol. The fraction of sp³-hybridized carbons (Fsp3) is 0.143. The van der Waals surface area contributed by atoms with Gasteiger partial charge >= 0.3 is 6.36 Å². The number of phenols is 1. The summed E-state index contributed by atoms with van der Waals surface area (Å²) in [6, 6.07) is 7.89. The van der Waals surface area contributed by atoms with Gasteiger partial charge in [-0.15, -0.1) is 25.6 Å². The fourth-order valence-corrected chi connectivity index (χ4v) is 1.79. The first-order chi connectivity index (χ1) is 9.76. The van der Waals surface area contributed by atoms with Gasteiger partial charge in [0.1, 0.15) is 5.75 Å². The average molecular weight is 338 g/mol. The van der Waals surface area contributed by atoms with Gasteiger partial charge in [0.15, 0.2) is 11.6 Å². The number of ether oxygens (including phenoxy) is 1. The molecule has 3 N–H and O–H groups in total. The molecule has 0 aliphatic carbocycles. The molecule has 2 rings (SSSR count). The Morgan fingerprint density at radius 3 is 2.05 bits per heavy atom. The van der Waals surface area contributed by atoms with Gasteiger partial charge in [0.2, 0.25) is 0 Å². The molecule has 0 amide bonds. The van der Waals surface area contributed by atoms with Gasteiger partial charge in [0.25, 0.3) is 0 Å². The Bertz CT molecular complexity index is 632. The molecular formula is C14H12ClF4NO2. The molecular weight excluding hydrogens is 326 g/mol. The first-order valence-electron chi connectivity index (χ1n) is 5.86. The molecule has 0 aliphatic rings. The minimum Gasteiger partial charge on any atom is -0.505 e. The Morgan fingerprint density at radius 2 is 1.55 bits per heavy atom. The molecule has 0 aliphatic heterocycles. The van der Waals surface area contributed by atoms with Crippen molar-refractivity contribution in [1.29, 1.82) is 0 Å². The average Bonchev–Trinajstić information content (AvgIpc) is 2.40. The Morgan fingerprint density at radius 1 is 1.00 bits per heavy atom. The van der Waals surface area contributed by atoms with Gasteiger partial charge in [-0.1, -0.05) is 18.2 Å². The third-order valence-electron chi connectivity index (χ3n) is 2.80. The van der Waals surface area contributed by atoms with Gasteiger partial charge in [0, 0.05) is 0 Å². The summed E-state index contributed by atoms with van der Waals surface area (Å²) in [5.41, 5.74) is 6.77. The maximum atomic E-state index is 13.3. The van der Waals surface area contributed by atoms with Gasteiger partial charge in [-0.25, -0.2) is 4.39 Å². The smallest absolute Gasteiger partial charge is 0.505 e. The van der Waals surface area contributed by atoms with Crippen LogP contribution in [0.4, 0.5) is 17.6 Å². The Kier molecular flexibility index (Phi) is 5.62. The van der Waals surface area contributed by atoms with E-state index in [2.05, 4.69) is 4.74 Å². The number of phenolic OH excluding ortho intramolecular Hbond substituents is 1. The molecule has 22 heavy (non-hydrogen) atoms. The summed E-state index contributed by atoms with van der Waals surface area (Å²) in [4.78, 5) is 0. The number of alkyl halides is 3. The van der Waals surface area contributed by atoms with Gasteiger partial charge in [-0.2, -0.15) is 0 Å². The van der Waals surface area contributed by atoms with Gasteiger partial charge in [-0.05, 0) is 35.4 Å². The van der Waals surface area contributed by atoms with E-state index in [0.29, 0.717) is 11.1 Å². The van der Waals surface area contributed by atoms with Crippen molar-refractivity contribution in [3.63, 3.8) is 0 Å². The maximum Gasteiger partial charge on any atom is 0.573 e.